The van der Waals surface area contributed by atoms with E-state index in [9.17, 15) is 0 Å². The van der Waals surface area contributed by atoms with Crippen molar-refractivity contribution >= 4 is 35.2 Å². The summed E-state index contributed by atoms with van der Waals surface area (Å²) >= 11 is 1.74. The van der Waals surface area contributed by atoms with Crippen molar-refractivity contribution in [3.63, 3.8) is 0 Å². The molecule has 1 aromatic rings. The minimum atomic E-state index is 0.244. The summed E-state index contributed by atoms with van der Waals surface area (Å²) in [6.45, 7) is 1.93. The van der Waals surface area contributed by atoms with E-state index in [1.807, 2.05) is 6.92 Å². The molecule has 3 nitrogen and oxygen atoms in total. The van der Waals surface area contributed by atoms with Crippen molar-refractivity contribution in [2.45, 2.75) is 12.2 Å². The van der Waals surface area contributed by atoms with Crippen molar-refractivity contribution in [3.05, 3.63) is 5.69 Å². The molecule has 1 heterocycles. The van der Waals surface area contributed by atoms with Crippen LogP contribution in [0.2, 0.25) is 5.32 Å². The van der Waals surface area contributed by atoms with Crippen molar-refractivity contribution < 1.29 is 0 Å². The monoisotopic (exact) mass is 233 g/mol. The molecule has 1 rings (SSSR count). The molecule has 0 aromatic carbocycles. The SMILES string of the molecule is Cc1nc(N)sc1[Se]CC#N. The van der Waals surface area contributed by atoms with Gasteiger partial charge in [-0.05, 0) is 0 Å². The van der Waals surface area contributed by atoms with Gasteiger partial charge in [0.2, 0.25) is 0 Å². The molecule has 11 heavy (non-hydrogen) atoms. The standard InChI is InChI=1S/C6H7N3SSe/c1-4-5(11-3-2-7)10-6(8)9-4/h3H2,1H3,(H2,8,9). The number of thiazole rings is 1. The number of hydrogen-bond acceptors (Lipinski definition) is 4. The van der Waals surface area contributed by atoms with Gasteiger partial charge in [-0.15, -0.1) is 0 Å². The Bertz CT molecular complexity index is 289. The van der Waals surface area contributed by atoms with Crippen LogP contribution in [-0.2, 0) is 0 Å². The van der Waals surface area contributed by atoms with Gasteiger partial charge in [0.25, 0.3) is 0 Å². The van der Waals surface area contributed by atoms with Crippen molar-refractivity contribution in [2.75, 3.05) is 5.73 Å². The van der Waals surface area contributed by atoms with Crippen molar-refractivity contribution in [1.29, 1.82) is 5.26 Å². The first-order valence-corrected chi connectivity index (χ1v) is 5.85. The molecule has 0 saturated heterocycles. The quantitative estimate of drug-likeness (QED) is 0.746. The Hall–Kier alpha value is -0.561. The zero-order chi connectivity index (χ0) is 8.27. The van der Waals surface area contributed by atoms with Gasteiger partial charge >= 0.3 is 75.2 Å². The molecular weight excluding hydrogens is 225 g/mol. The van der Waals surface area contributed by atoms with Gasteiger partial charge in [-0.2, -0.15) is 0 Å². The molecule has 0 aliphatic heterocycles. The van der Waals surface area contributed by atoms with Crippen molar-refractivity contribution in [1.82, 2.24) is 4.98 Å². The van der Waals surface area contributed by atoms with E-state index in [0.29, 0.717) is 10.5 Å². The van der Waals surface area contributed by atoms with Crippen molar-refractivity contribution in [2.24, 2.45) is 0 Å². The summed E-state index contributed by atoms with van der Waals surface area (Å²) in [5.74, 6) is 0. The van der Waals surface area contributed by atoms with Gasteiger partial charge in [-0.25, -0.2) is 0 Å². The summed E-state index contributed by atoms with van der Waals surface area (Å²) in [5.41, 5.74) is 6.47. The number of nitrogens with two attached hydrogens (primary N) is 1. The Kier molecular flexibility index (Phi) is 2.89. The fourth-order valence-corrected chi connectivity index (χ4v) is 3.42. The van der Waals surface area contributed by atoms with Crippen LogP contribution in [0.3, 0.4) is 0 Å². The van der Waals surface area contributed by atoms with E-state index in [4.69, 9.17) is 11.0 Å². The molecule has 0 saturated carbocycles. The Morgan fingerprint density at radius 3 is 3.00 bits per heavy atom. The molecule has 0 unspecified atom stereocenters. The van der Waals surface area contributed by atoms with E-state index in [1.54, 1.807) is 0 Å². The number of aromatic nitrogens is 1. The number of nitrogens with zero attached hydrogens (tertiary/aromatic N) is 2. The van der Waals surface area contributed by atoms with Gasteiger partial charge in [-0.3, -0.25) is 0 Å². The van der Waals surface area contributed by atoms with E-state index in [-0.39, 0.29) is 15.0 Å². The topological polar surface area (TPSA) is 62.7 Å². The summed E-state index contributed by atoms with van der Waals surface area (Å²) < 4.78 is 1.19. The predicted molar refractivity (Wildman–Crippen MR) is 47.1 cm³/mol. The molecule has 5 heteroatoms. The summed E-state index contributed by atoms with van der Waals surface area (Å²) in [5, 5.41) is 9.56. The summed E-state index contributed by atoms with van der Waals surface area (Å²) in [6, 6.07) is 2.12. The molecule has 0 spiro atoms. The van der Waals surface area contributed by atoms with Crippen molar-refractivity contribution in [3.8, 4) is 6.07 Å². The number of hydrogen-bond donors (Lipinski definition) is 1. The van der Waals surface area contributed by atoms with Crippen LogP contribution < -0.4 is 9.51 Å². The maximum atomic E-state index is 8.34. The first kappa shape index (κ1) is 8.54. The average Bonchev–Trinajstić information content (AvgIpc) is 2.26. The Balaban J connectivity index is 2.71. The summed E-state index contributed by atoms with van der Waals surface area (Å²) in [6.07, 6.45) is 0. The second-order valence-electron chi connectivity index (χ2n) is 1.87. The van der Waals surface area contributed by atoms with Crippen LogP contribution in [0.5, 0.6) is 0 Å². The van der Waals surface area contributed by atoms with Crippen LogP contribution in [0, 0.1) is 18.3 Å². The number of nitriles is 1. The predicted octanol–water partition coefficient (Wildman–Crippen LogP) is 0.305. The number of aryl methyl sites for hydroxylation is 1. The molecular formula is C6H7N3SSe. The molecule has 1 aromatic heterocycles. The second-order valence-corrected chi connectivity index (χ2v) is 5.55. The van der Waals surface area contributed by atoms with Gasteiger partial charge in [0.1, 0.15) is 0 Å². The van der Waals surface area contributed by atoms with E-state index in [2.05, 4.69) is 11.1 Å². The summed E-state index contributed by atoms with van der Waals surface area (Å²) in [7, 11) is 0. The third kappa shape index (κ3) is 2.19. The van der Waals surface area contributed by atoms with Gasteiger partial charge in [0, 0.05) is 0 Å². The van der Waals surface area contributed by atoms with Crippen LogP contribution in [0.1, 0.15) is 5.69 Å². The van der Waals surface area contributed by atoms with Crippen LogP contribution in [0.15, 0.2) is 0 Å². The summed E-state index contributed by atoms with van der Waals surface area (Å²) in [4.78, 5) is 4.07. The molecule has 2 N–H and O–H groups in total. The molecule has 0 bridgehead atoms. The van der Waals surface area contributed by atoms with E-state index < -0.39 is 0 Å². The van der Waals surface area contributed by atoms with Gasteiger partial charge in [0.15, 0.2) is 0 Å². The first-order chi connectivity index (χ1) is 5.24. The van der Waals surface area contributed by atoms with Crippen LogP contribution in [0.4, 0.5) is 5.13 Å². The molecule has 0 radical (unpaired) electrons. The van der Waals surface area contributed by atoms with Gasteiger partial charge in [0.05, 0.1) is 0 Å². The average molecular weight is 232 g/mol. The number of nitrogen functional groups attached to an aromatic ring is 1. The first-order valence-electron chi connectivity index (χ1n) is 2.96. The van der Waals surface area contributed by atoms with Crippen LogP contribution >= 0.6 is 11.3 Å². The van der Waals surface area contributed by atoms with Crippen LogP contribution in [0.25, 0.3) is 0 Å². The van der Waals surface area contributed by atoms with E-state index >= 15 is 0 Å². The number of anilines is 1. The molecule has 0 atom stereocenters. The third-order valence-corrected chi connectivity index (χ3v) is 4.70. The fraction of sp³-hybridized carbons (Fsp3) is 0.333. The molecule has 0 aliphatic carbocycles. The normalized spacial score (nSPS) is 9.45. The zero-order valence-corrected chi connectivity index (χ0v) is 8.52. The second kappa shape index (κ2) is 3.72. The van der Waals surface area contributed by atoms with Crippen LogP contribution in [-0.4, -0.2) is 19.9 Å². The zero-order valence-electron chi connectivity index (χ0n) is 6.00. The maximum absolute atomic E-state index is 8.34. The molecule has 0 aliphatic rings. The molecule has 0 fully saturated rings. The Morgan fingerprint density at radius 1 is 1.82 bits per heavy atom. The Labute approximate surface area is 75.4 Å². The van der Waals surface area contributed by atoms with E-state index in [1.165, 1.54) is 15.1 Å². The van der Waals surface area contributed by atoms with Gasteiger partial charge < -0.3 is 0 Å². The van der Waals surface area contributed by atoms with Gasteiger partial charge in [-0.1, -0.05) is 0 Å². The third-order valence-electron chi connectivity index (χ3n) is 1.04. The number of rotatable bonds is 2. The minimum absolute atomic E-state index is 0.244. The fourth-order valence-electron chi connectivity index (χ4n) is 0.634. The molecule has 0 amide bonds. The molecule has 58 valence electrons. The van der Waals surface area contributed by atoms with E-state index in [0.717, 1.165) is 5.69 Å². The Morgan fingerprint density at radius 2 is 2.55 bits per heavy atom.